The van der Waals surface area contributed by atoms with E-state index in [-0.39, 0.29) is 0 Å². The van der Waals surface area contributed by atoms with Gasteiger partial charge in [0.2, 0.25) is 11.4 Å². The Morgan fingerprint density at radius 3 is 2.50 bits per heavy atom. The summed E-state index contributed by atoms with van der Waals surface area (Å²) in [6.07, 6.45) is 9.21. The zero-order chi connectivity index (χ0) is 23.4. The van der Waals surface area contributed by atoms with Crippen molar-refractivity contribution < 1.29 is 13.6 Å². The molecule has 6 aromatic rings. The van der Waals surface area contributed by atoms with Gasteiger partial charge in [0, 0.05) is 41.0 Å². The fourth-order valence-electron chi connectivity index (χ4n) is 7.25. The van der Waals surface area contributed by atoms with E-state index < -0.39 is 5.66 Å². The number of hydrogen-bond donors (Lipinski definition) is 0. The van der Waals surface area contributed by atoms with Crippen LogP contribution in [0.3, 0.4) is 0 Å². The minimum atomic E-state index is -0.497. The summed E-state index contributed by atoms with van der Waals surface area (Å²) in [5, 5.41) is 3.79. The van der Waals surface area contributed by atoms with E-state index in [9.17, 15) is 0 Å². The van der Waals surface area contributed by atoms with Crippen LogP contribution in [0.2, 0.25) is 0 Å². The first-order chi connectivity index (χ1) is 17.9. The van der Waals surface area contributed by atoms with E-state index in [4.69, 9.17) is 4.42 Å². The van der Waals surface area contributed by atoms with Crippen LogP contribution in [0.25, 0.3) is 44.3 Å². The third-order valence-electron chi connectivity index (χ3n) is 8.71. The average molecular weight is 465 g/mol. The maximum atomic E-state index is 6.76. The summed E-state index contributed by atoms with van der Waals surface area (Å²) in [5.74, 6) is 1.19. The van der Waals surface area contributed by atoms with Crippen molar-refractivity contribution in [2.45, 2.75) is 31.3 Å². The fourth-order valence-corrected chi connectivity index (χ4v) is 7.25. The smallest absolute Gasteiger partial charge is 0.417 e. The van der Waals surface area contributed by atoms with Crippen LogP contribution in [-0.4, -0.2) is 0 Å². The number of nitrogens with zero attached hydrogens (tertiary/aromatic N) is 2. The Hall–Kier alpha value is -4.24. The molecule has 3 aromatic heterocycles. The molecule has 0 saturated carbocycles. The summed E-state index contributed by atoms with van der Waals surface area (Å²) in [7, 11) is 0. The second-order valence-corrected chi connectivity index (χ2v) is 10.4. The molecule has 1 atom stereocenters. The predicted molar refractivity (Wildman–Crippen MR) is 140 cm³/mol. The largest absolute Gasteiger partial charge is 0.460 e. The number of benzene rings is 3. The summed E-state index contributed by atoms with van der Waals surface area (Å²) in [6, 6.07) is 31.2. The van der Waals surface area contributed by atoms with E-state index in [0.29, 0.717) is 0 Å². The van der Waals surface area contributed by atoms with Gasteiger partial charge in [-0.2, -0.15) is 0 Å². The van der Waals surface area contributed by atoms with E-state index in [1.807, 2.05) is 0 Å². The molecule has 0 bridgehead atoms. The van der Waals surface area contributed by atoms with Gasteiger partial charge in [0.15, 0.2) is 12.4 Å². The first kappa shape index (κ1) is 19.0. The number of fused-ring (bicyclic) bond motifs is 15. The van der Waals surface area contributed by atoms with Crippen molar-refractivity contribution in [2.75, 3.05) is 0 Å². The molecule has 3 aromatic carbocycles. The summed E-state index contributed by atoms with van der Waals surface area (Å²) < 4.78 is 11.7. The minimum Gasteiger partial charge on any atom is -0.460 e. The van der Waals surface area contributed by atoms with Gasteiger partial charge >= 0.3 is 5.66 Å². The monoisotopic (exact) mass is 464 g/mol. The predicted octanol–water partition coefficient (Wildman–Crippen LogP) is 6.30. The average Bonchev–Trinajstić information content (AvgIpc) is 3.55. The van der Waals surface area contributed by atoms with Crippen molar-refractivity contribution in [1.29, 1.82) is 0 Å². The standard InChI is InChI=1S/C33H24N2O/c1-2-10-22-20-35-29(19-21(22)9-1)31-27(17-16-24-23-11-4-6-15-30(23)36-32(24)31)33(35)26-13-5-3-12-25(26)28-14-7-8-18-34(28)33/h1-3,5,7-10,12-14,16-20H,4,6,11,15H2/q+2. The van der Waals surface area contributed by atoms with E-state index in [0.717, 1.165) is 18.4 Å². The van der Waals surface area contributed by atoms with Crippen molar-refractivity contribution in [3.05, 3.63) is 120 Å². The van der Waals surface area contributed by atoms with Crippen LogP contribution in [-0.2, 0) is 18.5 Å². The van der Waals surface area contributed by atoms with Crippen LogP contribution in [0.1, 0.15) is 35.3 Å². The molecular weight excluding hydrogens is 440 g/mol. The summed E-state index contributed by atoms with van der Waals surface area (Å²) in [5.41, 5.74) is 9.58. The van der Waals surface area contributed by atoms with Gasteiger partial charge in [0.1, 0.15) is 28.0 Å². The van der Waals surface area contributed by atoms with Crippen LogP contribution in [0.15, 0.2) is 102 Å². The third kappa shape index (κ3) is 2.08. The number of hydrogen-bond acceptors (Lipinski definition) is 1. The lowest BCUT2D eigenvalue weighted by atomic mass is 9.88. The van der Waals surface area contributed by atoms with Crippen LogP contribution in [0.5, 0.6) is 0 Å². The Labute approximate surface area is 208 Å². The van der Waals surface area contributed by atoms with Crippen molar-refractivity contribution in [1.82, 2.24) is 0 Å². The zero-order valence-electron chi connectivity index (χ0n) is 19.9. The molecule has 9 rings (SSSR count). The molecule has 36 heavy (non-hydrogen) atoms. The van der Waals surface area contributed by atoms with Gasteiger partial charge < -0.3 is 4.42 Å². The zero-order valence-corrected chi connectivity index (χ0v) is 19.9. The Morgan fingerprint density at radius 1 is 0.694 bits per heavy atom. The van der Waals surface area contributed by atoms with Gasteiger partial charge in [0.25, 0.3) is 0 Å². The molecule has 0 fully saturated rings. The molecule has 2 aliphatic heterocycles. The molecule has 1 aliphatic carbocycles. The van der Waals surface area contributed by atoms with E-state index in [1.54, 1.807) is 0 Å². The van der Waals surface area contributed by atoms with Crippen LogP contribution in [0, 0.1) is 0 Å². The molecule has 170 valence electrons. The maximum absolute atomic E-state index is 6.76. The topological polar surface area (TPSA) is 20.9 Å². The quantitative estimate of drug-likeness (QED) is 0.241. The van der Waals surface area contributed by atoms with Crippen LogP contribution < -0.4 is 9.13 Å². The molecule has 3 heteroatoms. The Bertz CT molecular complexity index is 1870. The Balaban J connectivity index is 1.52. The van der Waals surface area contributed by atoms with E-state index >= 15 is 0 Å². The molecular formula is C33H24N2O+2. The third-order valence-corrected chi connectivity index (χ3v) is 8.71. The first-order valence-electron chi connectivity index (χ1n) is 13.0. The highest BCUT2D eigenvalue weighted by atomic mass is 16.3. The van der Waals surface area contributed by atoms with E-state index in [1.165, 1.54) is 74.0 Å². The van der Waals surface area contributed by atoms with Gasteiger partial charge in [0.05, 0.1) is 5.56 Å². The number of furan rings is 1. The SMILES string of the molecule is c1ccc2c(c1)-c1cccc[n+]1C21c2ccc3c4c(oc3c2-c2cc3ccccc3c[n+]21)CCCC4. The lowest BCUT2D eigenvalue weighted by Gasteiger charge is -2.17. The molecule has 3 nitrogen and oxygen atoms in total. The summed E-state index contributed by atoms with van der Waals surface area (Å²) in [6.45, 7) is 0. The minimum absolute atomic E-state index is 0.497. The first-order valence-corrected chi connectivity index (χ1v) is 13.0. The molecule has 5 heterocycles. The summed E-state index contributed by atoms with van der Waals surface area (Å²) in [4.78, 5) is 0. The van der Waals surface area contributed by atoms with Gasteiger partial charge in [-0.1, -0.05) is 30.3 Å². The van der Waals surface area contributed by atoms with Crippen molar-refractivity contribution in [3.8, 4) is 22.5 Å². The molecule has 0 amide bonds. The van der Waals surface area contributed by atoms with Crippen LogP contribution >= 0.6 is 0 Å². The van der Waals surface area contributed by atoms with Gasteiger partial charge in [-0.3, -0.25) is 0 Å². The number of aromatic nitrogens is 2. The highest BCUT2D eigenvalue weighted by Crippen LogP contribution is 2.50. The number of rotatable bonds is 0. The van der Waals surface area contributed by atoms with Crippen molar-refractivity contribution in [2.24, 2.45) is 0 Å². The summed E-state index contributed by atoms with van der Waals surface area (Å²) >= 11 is 0. The molecule has 0 N–H and O–H groups in total. The Kier molecular flexibility index (Phi) is 3.43. The van der Waals surface area contributed by atoms with Crippen molar-refractivity contribution >= 4 is 21.7 Å². The van der Waals surface area contributed by atoms with Gasteiger partial charge in [-0.05, 0) is 61.0 Å². The fraction of sp³-hybridized carbons (Fsp3) is 0.152. The molecule has 3 aliphatic rings. The van der Waals surface area contributed by atoms with Gasteiger partial charge in [-0.25, -0.2) is 0 Å². The number of pyridine rings is 2. The van der Waals surface area contributed by atoms with Crippen LogP contribution in [0.4, 0.5) is 0 Å². The van der Waals surface area contributed by atoms with Gasteiger partial charge in [-0.15, -0.1) is 9.13 Å². The Morgan fingerprint density at radius 2 is 1.53 bits per heavy atom. The lowest BCUT2D eigenvalue weighted by Crippen LogP contribution is -2.71. The van der Waals surface area contributed by atoms with Crippen molar-refractivity contribution in [3.63, 3.8) is 0 Å². The second-order valence-electron chi connectivity index (χ2n) is 10.4. The molecule has 0 saturated heterocycles. The van der Waals surface area contributed by atoms with E-state index in [2.05, 4.69) is 106 Å². The maximum Gasteiger partial charge on any atom is 0.417 e. The molecule has 0 radical (unpaired) electrons. The molecule has 1 unspecified atom stereocenters. The highest BCUT2D eigenvalue weighted by Gasteiger charge is 2.67. The highest BCUT2D eigenvalue weighted by molar-refractivity contribution is 5.99. The lowest BCUT2D eigenvalue weighted by molar-refractivity contribution is -0.954. The second kappa shape index (κ2) is 6.50. The molecule has 1 spiro atoms. The normalized spacial score (nSPS) is 18.8. The number of aryl methyl sites for hydroxylation is 2.